The van der Waals surface area contributed by atoms with Crippen LogP contribution in [-0.2, 0) is 9.53 Å². The third kappa shape index (κ3) is 5.57. The van der Waals surface area contributed by atoms with E-state index in [1.807, 2.05) is 12.1 Å². The molecule has 1 aromatic rings. The molecule has 0 radical (unpaired) electrons. The average molecular weight is 497 g/mol. The van der Waals surface area contributed by atoms with E-state index in [1.165, 1.54) is 4.90 Å². The first-order valence-electron chi connectivity index (χ1n) is 10.6. The summed E-state index contributed by atoms with van der Waals surface area (Å²) in [7, 11) is 0. The molecule has 1 aliphatic heterocycles. The standard InChI is InChI=1S/C22H30N2O6Se/c1-21(2,3)30-20(27)23-16(19(25)26)13-22(14-18(22)23)11-7-4-8-12-31-17-10-6-5-9-15(17)24(28)29/h5-6,9-10,16,18H,4,7-8,11-14H2,1-3H3,(H,25,26). The second-order valence-electron chi connectivity index (χ2n) is 9.41. The van der Waals surface area contributed by atoms with Gasteiger partial charge in [-0.05, 0) is 0 Å². The van der Waals surface area contributed by atoms with Crippen LogP contribution in [0, 0.1) is 15.5 Å². The number of unbranched alkanes of at least 4 members (excludes halogenated alkanes) is 2. The van der Waals surface area contributed by atoms with Gasteiger partial charge in [-0.15, -0.1) is 0 Å². The minimum absolute atomic E-state index is 0.0420. The molecule has 0 spiro atoms. The molecule has 3 rings (SSSR count). The van der Waals surface area contributed by atoms with Crippen molar-refractivity contribution < 1.29 is 24.4 Å². The van der Waals surface area contributed by atoms with E-state index < -0.39 is 23.7 Å². The van der Waals surface area contributed by atoms with Crippen molar-refractivity contribution in [1.82, 2.24) is 4.90 Å². The summed E-state index contributed by atoms with van der Waals surface area (Å²) < 4.78 is 6.28. The summed E-state index contributed by atoms with van der Waals surface area (Å²) in [4.78, 5) is 36.5. The van der Waals surface area contributed by atoms with Crippen LogP contribution in [0.4, 0.5) is 10.5 Å². The predicted octanol–water partition coefficient (Wildman–Crippen LogP) is 3.76. The Kier molecular flexibility index (Phi) is 6.96. The van der Waals surface area contributed by atoms with Gasteiger partial charge in [-0.1, -0.05) is 0 Å². The molecule has 3 atom stereocenters. The Morgan fingerprint density at radius 1 is 1.26 bits per heavy atom. The summed E-state index contributed by atoms with van der Waals surface area (Å²) in [5.41, 5.74) is -0.547. The van der Waals surface area contributed by atoms with E-state index in [2.05, 4.69) is 0 Å². The van der Waals surface area contributed by atoms with Crippen LogP contribution in [-0.4, -0.2) is 59.6 Å². The van der Waals surface area contributed by atoms with Gasteiger partial charge in [0.25, 0.3) is 0 Å². The van der Waals surface area contributed by atoms with Crippen LogP contribution in [0.15, 0.2) is 24.3 Å². The molecule has 1 heterocycles. The van der Waals surface area contributed by atoms with E-state index >= 15 is 0 Å². The number of nitro benzene ring substituents is 1. The number of carboxylic acids is 1. The predicted molar refractivity (Wildman–Crippen MR) is 117 cm³/mol. The number of para-hydroxylation sites is 1. The van der Waals surface area contributed by atoms with Crippen LogP contribution >= 0.6 is 0 Å². The van der Waals surface area contributed by atoms with Gasteiger partial charge in [0.15, 0.2) is 0 Å². The van der Waals surface area contributed by atoms with Crippen LogP contribution in [0.25, 0.3) is 0 Å². The van der Waals surface area contributed by atoms with E-state index in [0.29, 0.717) is 6.42 Å². The number of ether oxygens (including phenoxy) is 1. The molecule has 9 heteroatoms. The molecule has 1 aromatic carbocycles. The number of benzene rings is 1. The molecule has 1 saturated carbocycles. The van der Waals surface area contributed by atoms with Gasteiger partial charge >= 0.3 is 189 Å². The Balaban J connectivity index is 1.46. The normalized spacial score (nSPS) is 24.5. The van der Waals surface area contributed by atoms with E-state index in [4.69, 9.17) is 4.74 Å². The van der Waals surface area contributed by atoms with Crippen LogP contribution in [0.1, 0.15) is 59.3 Å². The molecule has 1 N–H and O–H groups in total. The van der Waals surface area contributed by atoms with Crippen molar-refractivity contribution in [2.24, 2.45) is 5.41 Å². The van der Waals surface area contributed by atoms with Gasteiger partial charge in [-0.2, -0.15) is 0 Å². The number of carbonyl (C=O) groups excluding carboxylic acids is 1. The zero-order valence-electron chi connectivity index (χ0n) is 18.2. The molecule has 0 bridgehead atoms. The number of rotatable bonds is 9. The van der Waals surface area contributed by atoms with Gasteiger partial charge in [-0.25, -0.2) is 0 Å². The number of hydrogen-bond donors (Lipinski definition) is 1. The Hall–Kier alpha value is -2.12. The Morgan fingerprint density at radius 2 is 1.97 bits per heavy atom. The molecule has 2 aliphatic rings. The molecular formula is C22H30N2O6Se. The number of carboxylic acid groups (broad SMARTS) is 1. The number of piperidine rings is 1. The van der Waals surface area contributed by atoms with Crippen molar-refractivity contribution in [1.29, 1.82) is 0 Å². The van der Waals surface area contributed by atoms with E-state index in [1.54, 1.807) is 32.9 Å². The second kappa shape index (κ2) is 9.17. The van der Waals surface area contributed by atoms with Crippen molar-refractivity contribution in [3.8, 4) is 0 Å². The van der Waals surface area contributed by atoms with Crippen LogP contribution in [0.2, 0.25) is 5.32 Å². The molecule has 1 aliphatic carbocycles. The molecule has 31 heavy (non-hydrogen) atoms. The summed E-state index contributed by atoms with van der Waals surface area (Å²) in [6.07, 6.45) is 4.67. The number of aliphatic carboxylic acids is 1. The molecule has 3 unspecified atom stereocenters. The topological polar surface area (TPSA) is 110 Å². The van der Waals surface area contributed by atoms with Crippen molar-refractivity contribution in [3.05, 3.63) is 34.4 Å². The fraction of sp³-hybridized carbons (Fsp3) is 0.636. The van der Waals surface area contributed by atoms with Crippen molar-refractivity contribution in [2.75, 3.05) is 0 Å². The number of amides is 1. The van der Waals surface area contributed by atoms with Crippen LogP contribution < -0.4 is 4.46 Å². The number of nitrogens with zero attached hydrogens (tertiary/aromatic N) is 2. The summed E-state index contributed by atoms with van der Waals surface area (Å²) in [5, 5.41) is 21.6. The van der Waals surface area contributed by atoms with Gasteiger partial charge in [0.05, 0.1) is 0 Å². The molecule has 2 fully saturated rings. The Labute approximate surface area is 188 Å². The summed E-state index contributed by atoms with van der Waals surface area (Å²) in [5.74, 6) is -0.968. The van der Waals surface area contributed by atoms with Crippen LogP contribution in [0.5, 0.6) is 0 Å². The number of carbonyl (C=O) groups is 2. The van der Waals surface area contributed by atoms with Crippen molar-refractivity contribution in [3.63, 3.8) is 0 Å². The van der Waals surface area contributed by atoms with Gasteiger partial charge in [0.1, 0.15) is 0 Å². The number of hydrogen-bond acceptors (Lipinski definition) is 5. The third-order valence-electron chi connectivity index (χ3n) is 5.95. The third-order valence-corrected chi connectivity index (χ3v) is 8.36. The van der Waals surface area contributed by atoms with Crippen molar-refractivity contribution >= 4 is 37.2 Å². The minimum atomic E-state index is -0.968. The summed E-state index contributed by atoms with van der Waals surface area (Å²) in [6, 6.07) is 6.07. The zero-order valence-corrected chi connectivity index (χ0v) is 19.9. The van der Waals surface area contributed by atoms with Crippen LogP contribution in [0.3, 0.4) is 0 Å². The molecule has 170 valence electrons. The number of nitro groups is 1. The molecule has 8 nitrogen and oxygen atoms in total. The molecule has 1 saturated heterocycles. The first-order valence-corrected chi connectivity index (χ1v) is 12.7. The van der Waals surface area contributed by atoms with Gasteiger partial charge in [0.2, 0.25) is 0 Å². The monoisotopic (exact) mass is 498 g/mol. The second-order valence-corrected chi connectivity index (χ2v) is 11.8. The fourth-order valence-electron chi connectivity index (χ4n) is 4.45. The molecular weight excluding hydrogens is 467 g/mol. The molecule has 1 amide bonds. The number of likely N-dealkylation sites (tertiary alicyclic amines) is 1. The average Bonchev–Trinajstić information content (AvgIpc) is 3.26. The van der Waals surface area contributed by atoms with Crippen molar-refractivity contribution in [2.45, 2.75) is 82.3 Å². The Morgan fingerprint density at radius 3 is 2.61 bits per heavy atom. The van der Waals surface area contributed by atoms with Gasteiger partial charge < -0.3 is 0 Å². The quantitative estimate of drug-likeness (QED) is 0.241. The zero-order chi connectivity index (χ0) is 22.8. The summed E-state index contributed by atoms with van der Waals surface area (Å²) in [6.45, 7) is 5.34. The van der Waals surface area contributed by atoms with Gasteiger partial charge in [-0.3, -0.25) is 0 Å². The maximum atomic E-state index is 12.6. The maximum absolute atomic E-state index is 12.6. The van der Waals surface area contributed by atoms with Gasteiger partial charge in [0, 0.05) is 0 Å². The number of fused-ring (bicyclic) bond motifs is 1. The van der Waals surface area contributed by atoms with E-state index in [0.717, 1.165) is 41.9 Å². The summed E-state index contributed by atoms with van der Waals surface area (Å²) >= 11 is 0.0688. The fourth-order valence-corrected chi connectivity index (χ4v) is 6.62. The molecule has 0 aromatic heterocycles. The SMILES string of the molecule is CC(C)(C)OC(=O)N1C(C(=O)O)CC2(CCCCC[Se]c3ccccc3[N+](=O)[O-])CC12. The first kappa shape index (κ1) is 23.5. The Bertz CT molecular complexity index is 855. The van der Waals surface area contributed by atoms with E-state index in [9.17, 15) is 24.8 Å². The first-order chi connectivity index (χ1) is 14.5. The van der Waals surface area contributed by atoms with E-state index in [-0.39, 0.29) is 37.0 Å².